The van der Waals surface area contributed by atoms with Gasteiger partial charge in [0, 0.05) is 34.6 Å². The van der Waals surface area contributed by atoms with Crippen LogP contribution in [-0.4, -0.2) is 50.5 Å². The highest BCUT2D eigenvalue weighted by atomic mass is 35.5. The fraction of sp³-hybridized carbons (Fsp3) is 0.286. The van der Waals surface area contributed by atoms with Crippen LogP contribution < -0.4 is 9.62 Å². The second kappa shape index (κ2) is 14.0. The van der Waals surface area contributed by atoms with Crippen molar-refractivity contribution in [1.29, 1.82) is 0 Å². The van der Waals surface area contributed by atoms with Crippen LogP contribution in [-0.2, 0) is 32.6 Å². The summed E-state index contributed by atoms with van der Waals surface area (Å²) < 4.78 is 26.6. The van der Waals surface area contributed by atoms with E-state index in [2.05, 4.69) is 5.32 Å². The maximum absolute atomic E-state index is 14.0. The molecule has 1 unspecified atom stereocenters. The highest BCUT2D eigenvalue weighted by molar-refractivity contribution is 7.92. The van der Waals surface area contributed by atoms with E-state index in [1.54, 1.807) is 24.3 Å². The topological polar surface area (TPSA) is 86.8 Å². The summed E-state index contributed by atoms with van der Waals surface area (Å²) in [5.41, 5.74) is 1.72. The SMILES string of the molecule is CCCNC(=O)C(Cc1ccccc1)N(Cc1ccc(Cl)cc1)C(=O)CN(c1cc(Cl)cc(Cl)c1)S(C)(=O)=O. The summed E-state index contributed by atoms with van der Waals surface area (Å²) in [5.74, 6) is -0.904. The minimum absolute atomic E-state index is 0.0565. The number of hydrogen-bond acceptors (Lipinski definition) is 4. The second-order valence-corrected chi connectivity index (χ2v) is 12.3. The minimum Gasteiger partial charge on any atom is -0.354 e. The predicted molar refractivity (Wildman–Crippen MR) is 158 cm³/mol. The second-order valence-electron chi connectivity index (χ2n) is 9.04. The summed E-state index contributed by atoms with van der Waals surface area (Å²) in [7, 11) is -3.93. The molecule has 2 amide bonds. The molecule has 39 heavy (non-hydrogen) atoms. The first-order chi connectivity index (χ1) is 18.5. The van der Waals surface area contributed by atoms with Crippen LogP contribution in [0.5, 0.6) is 0 Å². The summed E-state index contributed by atoms with van der Waals surface area (Å²) >= 11 is 18.3. The van der Waals surface area contributed by atoms with Crippen molar-refractivity contribution in [1.82, 2.24) is 10.2 Å². The molecule has 0 aliphatic heterocycles. The van der Waals surface area contributed by atoms with Gasteiger partial charge in [-0.2, -0.15) is 0 Å². The number of nitrogens with one attached hydrogen (secondary N) is 1. The van der Waals surface area contributed by atoms with Gasteiger partial charge in [0.05, 0.1) is 11.9 Å². The Hall–Kier alpha value is -2.78. The van der Waals surface area contributed by atoms with E-state index < -0.39 is 28.5 Å². The minimum atomic E-state index is -3.93. The molecule has 0 aliphatic rings. The Morgan fingerprint density at radius 1 is 0.872 bits per heavy atom. The largest absolute Gasteiger partial charge is 0.354 e. The Morgan fingerprint density at radius 2 is 1.49 bits per heavy atom. The van der Waals surface area contributed by atoms with Gasteiger partial charge in [0.1, 0.15) is 12.6 Å². The molecule has 0 bridgehead atoms. The third-order valence-corrected chi connectivity index (χ3v) is 7.73. The maximum atomic E-state index is 14.0. The quantitative estimate of drug-likeness (QED) is 0.290. The lowest BCUT2D eigenvalue weighted by molar-refractivity contribution is -0.140. The first-order valence-electron chi connectivity index (χ1n) is 12.3. The molecular weight excluding hydrogens is 581 g/mol. The van der Waals surface area contributed by atoms with Crippen LogP contribution >= 0.6 is 34.8 Å². The fourth-order valence-corrected chi connectivity index (χ4v) is 5.48. The maximum Gasteiger partial charge on any atom is 0.244 e. The van der Waals surface area contributed by atoms with Crippen LogP contribution in [0.4, 0.5) is 5.69 Å². The molecular formula is C28H30Cl3N3O4S. The van der Waals surface area contributed by atoms with Gasteiger partial charge in [0.2, 0.25) is 21.8 Å². The van der Waals surface area contributed by atoms with E-state index in [4.69, 9.17) is 34.8 Å². The van der Waals surface area contributed by atoms with E-state index in [-0.39, 0.29) is 34.6 Å². The van der Waals surface area contributed by atoms with E-state index >= 15 is 0 Å². The monoisotopic (exact) mass is 609 g/mol. The third kappa shape index (κ3) is 9.14. The molecule has 7 nitrogen and oxygen atoms in total. The van der Waals surface area contributed by atoms with Gasteiger partial charge in [0.15, 0.2) is 0 Å². The van der Waals surface area contributed by atoms with Crippen LogP contribution in [0.2, 0.25) is 15.1 Å². The number of nitrogens with zero attached hydrogens (tertiary/aromatic N) is 2. The van der Waals surface area contributed by atoms with Gasteiger partial charge in [-0.25, -0.2) is 8.42 Å². The molecule has 208 valence electrons. The fourth-order valence-electron chi connectivity index (χ4n) is 4.00. The van der Waals surface area contributed by atoms with Crippen LogP contribution in [0.25, 0.3) is 0 Å². The third-order valence-electron chi connectivity index (χ3n) is 5.90. The summed E-state index contributed by atoms with van der Waals surface area (Å²) in [6, 6.07) is 19.6. The summed E-state index contributed by atoms with van der Waals surface area (Å²) in [5, 5.41) is 3.86. The van der Waals surface area contributed by atoms with Gasteiger partial charge in [-0.1, -0.05) is 84.2 Å². The average Bonchev–Trinajstić information content (AvgIpc) is 2.88. The number of benzene rings is 3. The van der Waals surface area contributed by atoms with Crippen molar-refractivity contribution in [3.05, 3.63) is 99.0 Å². The van der Waals surface area contributed by atoms with Crippen molar-refractivity contribution < 1.29 is 18.0 Å². The van der Waals surface area contributed by atoms with Crippen molar-refractivity contribution in [3.63, 3.8) is 0 Å². The Labute approximate surface area is 244 Å². The van der Waals surface area contributed by atoms with Crippen LogP contribution in [0.15, 0.2) is 72.8 Å². The lowest BCUT2D eigenvalue weighted by Crippen LogP contribution is -2.53. The van der Waals surface area contributed by atoms with Crippen LogP contribution in [0.3, 0.4) is 0 Å². The molecule has 0 aliphatic carbocycles. The van der Waals surface area contributed by atoms with Gasteiger partial charge < -0.3 is 10.2 Å². The lowest BCUT2D eigenvalue weighted by atomic mass is 10.0. The van der Waals surface area contributed by atoms with E-state index in [1.165, 1.54) is 23.1 Å². The number of rotatable bonds is 12. The van der Waals surface area contributed by atoms with Gasteiger partial charge in [0.25, 0.3) is 0 Å². The molecule has 11 heteroatoms. The molecule has 3 aromatic rings. The zero-order chi connectivity index (χ0) is 28.6. The predicted octanol–water partition coefficient (Wildman–Crippen LogP) is 5.58. The summed E-state index contributed by atoms with van der Waals surface area (Å²) in [6.45, 7) is 1.86. The van der Waals surface area contributed by atoms with Crippen LogP contribution in [0.1, 0.15) is 24.5 Å². The molecule has 3 aromatic carbocycles. The lowest BCUT2D eigenvalue weighted by Gasteiger charge is -2.33. The molecule has 0 heterocycles. The average molecular weight is 611 g/mol. The number of anilines is 1. The molecule has 0 saturated heterocycles. The highest BCUT2D eigenvalue weighted by Crippen LogP contribution is 2.27. The Bertz CT molecular complexity index is 1370. The smallest absolute Gasteiger partial charge is 0.244 e. The van der Waals surface area contributed by atoms with Crippen molar-refractivity contribution >= 4 is 62.3 Å². The molecule has 1 N–H and O–H groups in total. The highest BCUT2D eigenvalue weighted by Gasteiger charge is 2.33. The first-order valence-corrected chi connectivity index (χ1v) is 15.3. The van der Waals surface area contributed by atoms with Gasteiger partial charge in [-0.15, -0.1) is 0 Å². The Kier molecular flexibility index (Phi) is 11.1. The van der Waals surface area contributed by atoms with Gasteiger partial charge >= 0.3 is 0 Å². The van der Waals surface area contributed by atoms with Gasteiger partial charge in [-0.05, 0) is 47.9 Å². The van der Waals surface area contributed by atoms with E-state index in [9.17, 15) is 18.0 Å². The summed E-state index contributed by atoms with van der Waals surface area (Å²) in [6.07, 6.45) is 1.94. The van der Waals surface area contributed by atoms with Crippen molar-refractivity contribution in [2.75, 3.05) is 23.7 Å². The van der Waals surface area contributed by atoms with Crippen molar-refractivity contribution in [3.8, 4) is 0 Å². The molecule has 0 fully saturated rings. The van der Waals surface area contributed by atoms with Gasteiger partial charge in [-0.3, -0.25) is 13.9 Å². The molecule has 0 radical (unpaired) electrons. The first kappa shape index (κ1) is 30.8. The zero-order valence-corrected chi connectivity index (χ0v) is 24.7. The van der Waals surface area contributed by atoms with E-state index in [1.807, 2.05) is 37.3 Å². The number of sulfonamides is 1. The number of amides is 2. The Morgan fingerprint density at radius 3 is 2.05 bits per heavy atom. The van der Waals surface area contributed by atoms with Crippen LogP contribution in [0, 0.1) is 0 Å². The molecule has 0 saturated carbocycles. The molecule has 0 aromatic heterocycles. The normalized spacial score (nSPS) is 12.0. The number of halogens is 3. The van der Waals surface area contributed by atoms with Crippen molar-refractivity contribution in [2.45, 2.75) is 32.4 Å². The standard InChI is InChI=1S/C28H30Cl3N3O4S/c1-3-13-32-28(36)26(14-20-7-5-4-6-8-20)33(18-21-9-11-22(29)12-10-21)27(35)19-34(39(2,37)38)25-16-23(30)15-24(31)17-25/h4-12,15-17,26H,3,13-14,18-19H2,1-2H3,(H,32,36). The van der Waals surface area contributed by atoms with E-state index in [0.29, 0.717) is 18.0 Å². The van der Waals surface area contributed by atoms with Crippen molar-refractivity contribution in [2.24, 2.45) is 0 Å². The van der Waals surface area contributed by atoms with E-state index in [0.717, 1.165) is 21.7 Å². The number of carbonyl (C=O) groups is 2. The molecule has 0 spiro atoms. The number of carbonyl (C=O) groups excluding carboxylic acids is 2. The Balaban J connectivity index is 2.05. The number of hydrogen-bond donors (Lipinski definition) is 1. The molecule has 3 rings (SSSR count). The zero-order valence-electron chi connectivity index (χ0n) is 21.6. The summed E-state index contributed by atoms with van der Waals surface area (Å²) in [4.78, 5) is 28.8. The molecule has 1 atom stereocenters.